The second-order valence-electron chi connectivity index (χ2n) is 5.86. The van der Waals surface area contributed by atoms with Gasteiger partial charge in [0.15, 0.2) is 5.60 Å². The van der Waals surface area contributed by atoms with Crippen LogP contribution in [0.2, 0.25) is 0 Å². The lowest BCUT2D eigenvalue weighted by molar-refractivity contribution is 0.149. The highest BCUT2D eigenvalue weighted by molar-refractivity contribution is 5.98. The predicted molar refractivity (Wildman–Crippen MR) is 90.6 cm³/mol. The van der Waals surface area contributed by atoms with E-state index in [-0.39, 0.29) is 0 Å². The zero-order valence-electron chi connectivity index (χ0n) is 13.4. The minimum absolute atomic E-state index is 0.513. The molecular weight excluding hydrogens is 288 g/mol. The van der Waals surface area contributed by atoms with Crippen molar-refractivity contribution in [3.63, 3.8) is 0 Å². The van der Waals surface area contributed by atoms with Gasteiger partial charge >= 0.3 is 0 Å². The van der Waals surface area contributed by atoms with Crippen molar-refractivity contribution in [1.29, 1.82) is 0 Å². The molecule has 1 atom stereocenters. The number of rotatable bonds is 3. The van der Waals surface area contributed by atoms with Crippen LogP contribution in [0, 0.1) is 0 Å². The number of ether oxygens (including phenoxy) is 3. The fourth-order valence-electron chi connectivity index (χ4n) is 3.41. The van der Waals surface area contributed by atoms with Crippen LogP contribution in [0.3, 0.4) is 0 Å². The first-order valence-corrected chi connectivity index (χ1v) is 7.61. The third-order valence-electron chi connectivity index (χ3n) is 4.65. The summed E-state index contributed by atoms with van der Waals surface area (Å²) in [5, 5.41) is 2.21. The van der Waals surface area contributed by atoms with Crippen molar-refractivity contribution in [1.82, 2.24) is 0 Å². The van der Waals surface area contributed by atoms with Crippen molar-refractivity contribution in [2.24, 2.45) is 0 Å². The summed E-state index contributed by atoms with van der Waals surface area (Å²) in [6, 6.07) is 18.2. The smallest absolute Gasteiger partial charge is 0.157 e. The molecule has 0 saturated heterocycles. The molecule has 0 N–H and O–H groups in total. The number of benzene rings is 3. The van der Waals surface area contributed by atoms with Crippen LogP contribution in [-0.2, 0) is 5.60 Å². The summed E-state index contributed by atoms with van der Waals surface area (Å²) in [6.07, 6.45) is 0. The molecule has 23 heavy (non-hydrogen) atoms. The van der Waals surface area contributed by atoms with Crippen molar-refractivity contribution in [3.05, 3.63) is 65.7 Å². The Morgan fingerprint density at radius 1 is 0.870 bits per heavy atom. The average Bonchev–Trinajstić information content (AvgIpc) is 2.90. The van der Waals surface area contributed by atoms with Gasteiger partial charge in [-0.3, -0.25) is 0 Å². The molecule has 1 aliphatic rings. The lowest BCUT2D eigenvalue weighted by Crippen LogP contribution is -2.27. The minimum atomic E-state index is -0.513. The van der Waals surface area contributed by atoms with Gasteiger partial charge in [-0.25, -0.2) is 0 Å². The van der Waals surface area contributed by atoms with Crippen LogP contribution in [-0.4, -0.2) is 14.2 Å². The normalized spacial score (nSPS) is 18.7. The van der Waals surface area contributed by atoms with E-state index in [4.69, 9.17) is 14.2 Å². The summed E-state index contributed by atoms with van der Waals surface area (Å²) in [5.41, 5.74) is 1.75. The fraction of sp³-hybridized carbons (Fsp3) is 0.200. The predicted octanol–water partition coefficient (Wildman–Crippen LogP) is 4.51. The molecule has 4 rings (SSSR count). The maximum atomic E-state index is 6.37. The molecule has 0 aliphatic carbocycles. The van der Waals surface area contributed by atoms with Gasteiger partial charge in [0, 0.05) is 16.3 Å². The molecule has 1 heterocycles. The summed E-state index contributed by atoms with van der Waals surface area (Å²) in [7, 11) is 3.37. The van der Waals surface area contributed by atoms with Crippen molar-refractivity contribution < 1.29 is 14.2 Å². The van der Waals surface area contributed by atoms with Crippen LogP contribution in [0.4, 0.5) is 0 Å². The molecule has 3 heteroatoms. The second-order valence-corrected chi connectivity index (χ2v) is 5.86. The van der Waals surface area contributed by atoms with E-state index >= 15 is 0 Å². The van der Waals surface area contributed by atoms with E-state index in [1.807, 2.05) is 30.3 Å². The quantitative estimate of drug-likeness (QED) is 0.712. The first-order valence-electron chi connectivity index (χ1n) is 7.61. The number of methoxy groups -OCH3 is 2. The van der Waals surface area contributed by atoms with Crippen LogP contribution < -0.4 is 14.2 Å². The second kappa shape index (κ2) is 4.92. The highest BCUT2D eigenvalue weighted by atomic mass is 16.5. The van der Waals surface area contributed by atoms with Gasteiger partial charge in [0.05, 0.1) is 14.2 Å². The van der Waals surface area contributed by atoms with E-state index in [0.717, 1.165) is 39.1 Å². The van der Waals surface area contributed by atoms with Crippen molar-refractivity contribution >= 4 is 10.8 Å². The van der Waals surface area contributed by atoms with Gasteiger partial charge in [-0.15, -0.1) is 0 Å². The van der Waals surface area contributed by atoms with E-state index in [1.165, 1.54) is 0 Å². The van der Waals surface area contributed by atoms with E-state index in [2.05, 4.69) is 31.2 Å². The van der Waals surface area contributed by atoms with Crippen LogP contribution in [0.25, 0.3) is 10.8 Å². The molecular formula is C20H18O3. The first kappa shape index (κ1) is 13.9. The minimum Gasteiger partial charge on any atom is -0.497 e. The van der Waals surface area contributed by atoms with Gasteiger partial charge in [-0.05, 0) is 36.8 Å². The molecule has 0 aromatic heterocycles. The molecule has 116 valence electrons. The molecule has 3 nitrogen and oxygen atoms in total. The van der Waals surface area contributed by atoms with E-state index in [1.54, 1.807) is 14.2 Å². The van der Waals surface area contributed by atoms with Crippen molar-refractivity contribution in [2.45, 2.75) is 12.5 Å². The molecule has 0 radical (unpaired) electrons. The topological polar surface area (TPSA) is 27.7 Å². The largest absolute Gasteiger partial charge is 0.497 e. The Kier molecular flexibility index (Phi) is 2.98. The molecule has 3 aromatic carbocycles. The SMILES string of the molecule is COc1ccc(C2(C)Oc3cccc4c(OC)ccc2c34)cc1. The van der Waals surface area contributed by atoms with Gasteiger partial charge < -0.3 is 14.2 Å². The van der Waals surface area contributed by atoms with Crippen LogP contribution >= 0.6 is 0 Å². The van der Waals surface area contributed by atoms with Crippen LogP contribution in [0.1, 0.15) is 18.1 Å². The summed E-state index contributed by atoms with van der Waals surface area (Å²) in [4.78, 5) is 0. The Morgan fingerprint density at radius 3 is 2.35 bits per heavy atom. The number of hydrogen-bond donors (Lipinski definition) is 0. The molecule has 0 fully saturated rings. The highest BCUT2D eigenvalue weighted by Crippen LogP contribution is 2.49. The first-order chi connectivity index (χ1) is 11.2. The Bertz CT molecular complexity index is 883. The van der Waals surface area contributed by atoms with Crippen LogP contribution in [0.15, 0.2) is 54.6 Å². The Labute approximate surface area is 135 Å². The third kappa shape index (κ3) is 1.89. The van der Waals surface area contributed by atoms with E-state index in [0.29, 0.717) is 0 Å². The third-order valence-corrected chi connectivity index (χ3v) is 4.65. The lowest BCUT2D eigenvalue weighted by atomic mass is 9.86. The van der Waals surface area contributed by atoms with Gasteiger partial charge in [-0.1, -0.05) is 30.3 Å². The molecule has 0 spiro atoms. The van der Waals surface area contributed by atoms with Crippen LogP contribution in [0.5, 0.6) is 17.2 Å². The van der Waals surface area contributed by atoms with Gasteiger partial charge in [0.1, 0.15) is 17.2 Å². The monoisotopic (exact) mass is 306 g/mol. The van der Waals surface area contributed by atoms with Gasteiger partial charge in [0.25, 0.3) is 0 Å². The summed E-state index contributed by atoms with van der Waals surface area (Å²) < 4.78 is 17.1. The molecule has 0 saturated carbocycles. The Hall–Kier alpha value is -2.68. The Balaban J connectivity index is 1.93. The molecule has 1 unspecified atom stereocenters. The fourth-order valence-corrected chi connectivity index (χ4v) is 3.41. The lowest BCUT2D eigenvalue weighted by Gasteiger charge is -2.26. The highest BCUT2D eigenvalue weighted by Gasteiger charge is 2.39. The summed E-state index contributed by atoms with van der Waals surface area (Å²) in [6.45, 7) is 2.11. The molecule has 1 aliphatic heterocycles. The maximum absolute atomic E-state index is 6.37. The maximum Gasteiger partial charge on any atom is 0.157 e. The van der Waals surface area contributed by atoms with Crippen molar-refractivity contribution in [2.75, 3.05) is 14.2 Å². The van der Waals surface area contributed by atoms with E-state index in [9.17, 15) is 0 Å². The summed E-state index contributed by atoms with van der Waals surface area (Å²) >= 11 is 0. The number of hydrogen-bond acceptors (Lipinski definition) is 3. The molecule has 3 aromatic rings. The zero-order valence-corrected chi connectivity index (χ0v) is 13.4. The summed E-state index contributed by atoms with van der Waals surface area (Å²) in [5.74, 6) is 2.61. The van der Waals surface area contributed by atoms with Crippen molar-refractivity contribution in [3.8, 4) is 17.2 Å². The molecule has 0 bridgehead atoms. The van der Waals surface area contributed by atoms with E-state index < -0.39 is 5.60 Å². The van der Waals surface area contributed by atoms with Gasteiger partial charge in [-0.2, -0.15) is 0 Å². The standard InChI is InChI=1S/C20H18O3/c1-20(13-7-9-14(21-2)10-8-13)16-11-12-17(22-3)15-5-4-6-18(23-20)19(15)16/h4-12H,1-3H3. The average molecular weight is 306 g/mol. The zero-order chi connectivity index (χ0) is 16.0. The van der Waals surface area contributed by atoms with Gasteiger partial charge in [0.2, 0.25) is 0 Å². The Morgan fingerprint density at radius 2 is 1.65 bits per heavy atom. The molecule has 0 amide bonds.